The van der Waals surface area contributed by atoms with Crippen molar-refractivity contribution < 1.29 is 0 Å². The van der Waals surface area contributed by atoms with Crippen molar-refractivity contribution in [1.82, 2.24) is 0 Å². The number of rotatable bonds is 1. The van der Waals surface area contributed by atoms with Crippen LogP contribution in [0.2, 0.25) is 19.6 Å². The normalized spacial score (nSPS) is 12.3. The molecule has 0 bridgehead atoms. The molecule has 1 aromatic carbocycles. The summed E-state index contributed by atoms with van der Waals surface area (Å²) in [6, 6.07) is 9.26. The highest BCUT2D eigenvalue weighted by molar-refractivity contribution is 7.19. The largest absolute Gasteiger partial charge is 0.141 e. The smallest absolute Gasteiger partial charge is 0.0776 e. The van der Waals surface area contributed by atoms with E-state index in [1.807, 2.05) is 11.3 Å². The first-order valence-corrected chi connectivity index (χ1v) is 9.29. The van der Waals surface area contributed by atoms with Crippen molar-refractivity contribution in [2.45, 2.75) is 26.6 Å². The average molecular weight is 220 g/mol. The van der Waals surface area contributed by atoms with Gasteiger partial charge in [-0.25, -0.2) is 0 Å². The monoisotopic (exact) mass is 220 g/mol. The van der Waals surface area contributed by atoms with E-state index in [4.69, 9.17) is 0 Å². The van der Waals surface area contributed by atoms with Crippen LogP contribution in [-0.4, -0.2) is 8.07 Å². The van der Waals surface area contributed by atoms with E-state index in [0.29, 0.717) is 0 Å². The summed E-state index contributed by atoms with van der Waals surface area (Å²) in [4.78, 5) is 1.41. The number of fused-ring (bicyclic) bond motifs is 1. The molecule has 1 heterocycles. The van der Waals surface area contributed by atoms with Gasteiger partial charge in [0.2, 0.25) is 0 Å². The molecule has 0 amide bonds. The summed E-state index contributed by atoms with van der Waals surface area (Å²) in [6.07, 6.45) is 0. The van der Waals surface area contributed by atoms with Crippen molar-refractivity contribution in [1.29, 1.82) is 0 Å². The molecule has 1 aromatic heterocycles. The molecule has 0 aliphatic rings. The van der Waals surface area contributed by atoms with Crippen LogP contribution in [0.5, 0.6) is 0 Å². The van der Waals surface area contributed by atoms with Crippen LogP contribution in [0, 0.1) is 6.92 Å². The van der Waals surface area contributed by atoms with Crippen molar-refractivity contribution in [3.8, 4) is 0 Å². The van der Waals surface area contributed by atoms with Crippen LogP contribution in [0.15, 0.2) is 24.3 Å². The molecule has 14 heavy (non-hydrogen) atoms. The molecule has 74 valence electrons. The number of hydrogen-bond donors (Lipinski definition) is 0. The lowest BCUT2D eigenvalue weighted by Crippen LogP contribution is -2.37. The molecule has 0 radical (unpaired) electrons. The van der Waals surface area contributed by atoms with E-state index in [0.717, 1.165) is 0 Å². The Balaban J connectivity index is 2.62. The van der Waals surface area contributed by atoms with Gasteiger partial charge in [-0.2, -0.15) is 0 Å². The van der Waals surface area contributed by atoms with Gasteiger partial charge in [0.25, 0.3) is 0 Å². The minimum absolute atomic E-state index is 1.14. The van der Waals surface area contributed by atoms with Crippen molar-refractivity contribution in [2.24, 2.45) is 0 Å². The molecule has 0 nitrogen and oxygen atoms in total. The minimum Gasteiger partial charge on any atom is -0.141 e. The fourth-order valence-corrected chi connectivity index (χ4v) is 3.72. The van der Waals surface area contributed by atoms with Crippen LogP contribution in [0.1, 0.15) is 4.88 Å². The van der Waals surface area contributed by atoms with Gasteiger partial charge in [-0.15, -0.1) is 11.3 Å². The van der Waals surface area contributed by atoms with Gasteiger partial charge >= 0.3 is 0 Å². The first-order valence-electron chi connectivity index (χ1n) is 4.97. The summed E-state index contributed by atoms with van der Waals surface area (Å²) in [7, 11) is -1.14. The summed E-state index contributed by atoms with van der Waals surface area (Å²) in [6.45, 7) is 9.37. The van der Waals surface area contributed by atoms with Crippen LogP contribution in [0.4, 0.5) is 0 Å². The molecule has 0 saturated heterocycles. The molecular formula is C12H16SSi. The molecule has 0 fully saturated rings. The first kappa shape index (κ1) is 9.93. The zero-order valence-corrected chi connectivity index (χ0v) is 11.0. The summed E-state index contributed by atoms with van der Waals surface area (Å²) in [5, 5.41) is 2.98. The molecule has 0 aliphatic carbocycles. The molecule has 2 aromatic rings. The van der Waals surface area contributed by atoms with Gasteiger partial charge in [0.05, 0.1) is 8.07 Å². The van der Waals surface area contributed by atoms with E-state index in [1.54, 1.807) is 5.19 Å². The quantitative estimate of drug-likeness (QED) is 0.642. The summed E-state index contributed by atoms with van der Waals surface area (Å²) in [5.74, 6) is 0. The Morgan fingerprint density at radius 1 is 1.07 bits per heavy atom. The van der Waals surface area contributed by atoms with Crippen LogP contribution >= 0.6 is 11.3 Å². The molecule has 0 unspecified atom stereocenters. The van der Waals surface area contributed by atoms with Crippen LogP contribution in [0.3, 0.4) is 0 Å². The van der Waals surface area contributed by atoms with Gasteiger partial charge in [-0.3, -0.25) is 0 Å². The van der Waals surface area contributed by atoms with Crippen molar-refractivity contribution in [3.05, 3.63) is 29.1 Å². The SMILES string of the molecule is Cc1cc2cc([Si](C)(C)C)ccc2s1. The van der Waals surface area contributed by atoms with Crippen LogP contribution in [-0.2, 0) is 0 Å². The van der Waals surface area contributed by atoms with Crippen molar-refractivity contribution in [2.75, 3.05) is 0 Å². The zero-order chi connectivity index (χ0) is 10.3. The summed E-state index contributed by atoms with van der Waals surface area (Å²) >= 11 is 1.89. The topological polar surface area (TPSA) is 0 Å². The molecule has 2 rings (SSSR count). The highest BCUT2D eigenvalue weighted by atomic mass is 32.1. The first-order chi connectivity index (χ1) is 6.47. The second-order valence-electron chi connectivity index (χ2n) is 4.86. The molecule has 0 N–H and O–H groups in total. The molecule has 0 aliphatic heterocycles. The third-order valence-electron chi connectivity index (χ3n) is 2.51. The number of aryl methyl sites for hydroxylation is 1. The fourth-order valence-electron chi connectivity index (χ4n) is 1.64. The number of thiophene rings is 1. The van der Waals surface area contributed by atoms with Crippen molar-refractivity contribution >= 4 is 34.7 Å². The Labute approximate surface area is 90.6 Å². The third-order valence-corrected chi connectivity index (χ3v) is 5.58. The van der Waals surface area contributed by atoms with Crippen LogP contribution < -0.4 is 5.19 Å². The molecular weight excluding hydrogens is 204 g/mol. The van der Waals surface area contributed by atoms with E-state index in [-0.39, 0.29) is 0 Å². The maximum atomic E-state index is 2.40. The molecule has 0 spiro atoms. The van der Waals surface area contributed by atoms with E-state index in [9.17, 15) is 0 Å². The van der Waals surface area contributed by atoms with E-state index in [2.05, 4.69) is 50.8 Å². The second-order valence-corrected chi connectivity index (χ2v) is 11.2. The Hall–Kier alpha value is -0.603. The number of benzene rings is 1. The van der Waals surface area contributed by atoms with Gasteiger partial charge in [-0.05, 0) is 24.4 Å². The lowest BCUT2D eigenvalue weighted by molar-refractivity contribution is 1.65. The molecule has 0 atom stereocenters. The Morgan fingerprint density at radius 2 is 1.79 bits per heavy atom. The Kier molecular flexibility index (Phi) is 2.28. The van der Waals surface area contributed by atoms with Gasteiger partial charge in [-0.1, -0.05) is 37.0 Å². The highest BCUT2D eigenvalue weighted by Crippen LogP contribution is 2.24. The predicted molar refractivity (Wildman–Crippen MR) is 69.5 cm³/mol. The highest BCUT2D eigenvalue weighted by Gasteiger charge is 2.16. The maximum Gasteiger partial charge on any atom is 0.0776 e. The second kappa shape index (κ2) is 3.21. The van der Waals surface area contributed by atoms with E-state index in [1.165, 1.54) is 15.0 Å². The average Bonchev–Trinajstić information content (AvgIpc) is 2.41. The minimum atomic E-state index is -1.14. The van der Waals surface area contributed by atoms with Crippen molar-refractivity contribution in [3.63, 3.8) is 0 Å². The molecule has 0 saturated carbocycles. The lowest BCUT2D eigenvalue weighted by atomic mass is 10.2. The molecule has 2 heteroatoms. The van der Waals surface area contributed by atoms with Gasteiger partial charge in [0, 0.05) is 9.58 Å². The third kappa shape index (κ3) is 1.77. The maximum absolute atomic E-state index is 2.40. The Bertz CT molecular complexity index is 463. The van der Waals surface area contributed by atoms with E-state index >= 15 is 0 Å². The fraction of sp³-hybridized carbons (Fsp3) is 0.333. The lowest BCUT2D eigenvalue weighted by Gasteiger charge is -2.16. The van der Waals surface area contributed by atoms with Gasteiger partial charge < -0.3 is 0 Å². The van der Waals surface area contributed by atoms with E-state index < -0.39 is 8.07 Å². The summed E-state index contributed by atoms with van der Waals surface area (Å²) in [5.41, 5.74) is 0. The van der Waals surface area contributed by atoms with Gasteiger partial charge in [0.15, 0.2) is 0 Å². The predicted octanol–water partition coefficient (Wildman–Crippen LogP) is 3.75. The zero-order valence-electron chi connectivity index (χ0n) is 9.22. The Morgan fingerprint density at radius 3 is 2.43 bits per heavy atom. The summed E-state index contributed by atoms with van der Waals surface area (Å²) < 4.78 is 1.42. The standard InChI is InChI=1S/C12H16SSi/c1-9-7-10-8-11(14(2,3)4)5-6-12(10)13-9/h5-8H,1-4H3. The number of hydrogen-bond acceptors (Lipinski definition) is 1. The van der Waals surface area contributed by atoms with Gasteiger partial charge in [0.1, 0.15) is 0 Å². The van der Waals surface area contributed by atoms with Crippen LogP contribution in [0.25, 0.3) is 10.1 Å².